The normalized spacial score (nSPS) is 10.2. The SMILES string of the molecule is CCSCCNc1cc(Br)ccc1Cl. The largest absolute Gasteiger partial charge is 0.383 e. The lowest BCUT2D eigenvalue weighted by atomic mass is 10.3. The van der Waals surface area contributed by atoms with Crippen LogP contribution in [0.3, 0.4) is 0 Å². The van der Waals surface area contributed by atoms with E-state index in [2.05, 4.69) is 28.2 Å². The minimum Gasteiger partial charge on any atom is -0.383 e. The summed E-state index contributed by atoms with van der Waals surface area (Å²) in [6.07, 6.45) is 0. The summed E-state index contributed by atoms with van der Waals surface area (Å²) in [7, 11) is 0. The number of nitrogens with one attached hydrogen (secondary N) is 1. The Morgan fingerprint density at radius 2 is 2.29 bits per heavy atom. The van der Waals surface area contributed by atoms with Gasteiger partial charge in [-0.05, 0) is 24.0 Å². The van der Waals surface area contributed by atoms with Gasteiger partial charge in [-0.1, -0.05) is 34.5 Å². The van der Waals surface area contributed by atoms with E-state index in [0.29, 0.717) is 0 Å². The molecule has 0 unspecified atom stereocenters. The van der Waals surface area contributed by atoms with Crippen molar-refractivity contribution in [1.82, 2.24) is 0 Å². The molecule has 0 aliphatic heterocycles. The van der Waals surface area contributed by atoms with Crippen molar-refractivity contribution >= 4 is 45.0 Å². The van der Waals surface area contributed by atoms with E-state index in [1.54, 1.807) is 0 Å². The van der Waals surface area contributed by atoms with Crippen molar-refractivity contribution in [2.45, 2.75) is 6.92 Å². The van der Waals surface area contributed by atoms with Gasteiger partial charge in [-0.15, -0.1) is 0 Å². The lowest BCUT2D eigenvalue weighted by Crippen LogP contribution is -2.04. The van der Waals surface area contributed by atoms with Crippen LogP contribution in [0.5, 0.6) is 0 Å². The molecule has 1 rings (SSSR count). The zero-order valence-electron chi connectivity index (χ0n) is 8.02. The van der Waals surface area contributed by atoms with Gasteiger partial charge in [0, 0.05) is 16.8 Å². The molecule has 0 amide bonds. The Bertz CT molecular complexity index is 293. The summed E-state index contributed by atoms with van der Waals surface area (Å²) in [5.74, 6) is 2.27. The van der Waals surface area contributed by atoms with Crippen LogP contribution in [-0.4, -0.2) is 18.1 Å². The van der Waals surface area contributed by atoms with Gasteiger partial charge < -0.3 is 5.32 Å². The molecule has 1 aromatic rings. The van der Waals surface area contributed by atoms with E-state index in [9.17, 15) is 0 Å². The van der Waals surface area contributed by atoms with Crippen molar-refractivity contribution in [2.24, 2.45) is 0 Å². The van der Waals surface area contributed by atoms with Gasteiger partial charge in [0.05, 0.1) is 10.7 Å². The fourth-order valence-electron chi connectivity index (χ4n) is 1.04. The lowest BCUT2D eigenvalue weighted by Gasteiger charge is -2.07. The average Bonchev–Trinajstić information content (AvgIpc) is 2.18. The van der Waals surface area contributed by atoms with Crippen molar-refractivity contribution in [3.05, 3.63) is 27.7 Å². The molecule has 1 N–H and O–H groups in total. The molecule has 0 atom stereocenters. The molecule has 0 heterocycles. The first-order valence-corrected chi connectivity index (χ1v) is 6.83. The van der Waals surface area contributed by atoms with Crippen LogP contribution < -0.4 is 5.32 Å². The van der Waals surface area contributed by atoms with Crippen molar-refractivity contribution in [1.29, 1.82) is 0 Å². The van der Waals surface area contributed by atoms with Crippen LogP contribution in [-0.2, 0) is 0 Å². The highest BCUT2D eigenvalue weighted by Gasteiger charge is 1.99. The topological polar surface area (TPSA) is 12.0 Å². The third-order valence-corrected chi connectivity index (χ3v) is 3.42. The van der Waals surface area contributed by atoms with E-state index in [0.717, 1.165) is 33.2 Å². The molecular weight excluding hydrogens is 282 g/mol. The van der Waals surface area contributed by atoms with Crippen LogP contribution in [0.25, 0.3) is 0 Å². The van der Waals surface area contributed by atoms with E-state index in [1.807, 2.05) is 30.0 Å². The summed E-state index contributed by atoms with van der Waals surface area (Å²) in [4.78, 5) is 0. The van der Waals surface area contributed by atoms with Gasteiger partial charge in [-0.3, -0.25) is 0 Å². The molecule has 0 aliphatic carbocycles. The van der Waals surface area contributed by atoms with Gasteiger partial charge in [0.2, 0.25) is 0 Å². The third kappa shape index (κ3) is 4.11. The molecular formula is C10H13BrClNS. The van der Waals surface area contributed by atoms with Crippen LogP contribution in [0.2, 0.25) is 5.02 Å². The van der Waals surface area contributed by atoms with Crippen molar-refractivity contribution in [2.75, 3.05) is 23.4 Å². The summed E-state index contributed by atoms with van der Waals surface area (Å²) in [5, 5.41) is 4.08. The molecule has 0 aliphatic rings. The van der Waals surface area contributed by atoms with Crippen LogP contribution in [0.1, 0.15) is 6.92 Å². The van der Waals surface area contributed by atoms with Crippen LogP contribution >= 0.6 is 39.3 Å². The first-order chi connectivity index (χ1) is 6.74. The second-order valence-electron chi connectivity index (χ2n) is 2.75. The lowest BCUT2D eigenvalue weighted by molar-refractivity contribution is 1.22. The van der Waals surface area contributed by atoms with Gasteiger partial charge in [0.25, 0.3) is 0 Å². The van der Waals surface area contributed by atoms with Crippen molar-refractivity contribution < 1.29 is 0 Å². The predicted octanol–water partition coefficient (Wildman–Crippen LogP) is 4.27. The highest BCUT2D eigenvalue weighted by molar-refractivity contribution is 9.10. The number of hydrogen-bond donors (Lipinski definition) is 1. The number of thioether (sulfide) groups is 1. The van der Waals surface area contributed by atoms with E-state index in [1.165, 1.54) is 0 Å². The minimum absolute atomic E-state index is 0.773. The first-order valence-electron chi connectivity index (χ1n) is 4.50. The molecule has 0 bridgehead atoms. The molecule has 4 heteroatoms. The smallest absolute Gasteiger partial charge is 0.0638 e. The molecule has 14 heavy (non-hydrogen) atoms. The molecule has 0 saturated heterocycles. The Morgan fingerprint density at radius 3 is 3.00 bits per heavy atom. The Balaban J connectivity index is 2.45. The van der Waals surface area contributed by atoms with E-state index in [-0.39, 0.29) is 0 Å². The molecule has 0 radical (unpaired) electrons. The Hall–Kier alpha value is 0.140. The Morgan fingerprint density at radius 1 is 1.50 bits per heavy atom. The zero-order valence-corrected chi connectivity index (χ0v) is 11.2. The van der Waals surface area contributed by atoms with Gasteiger partial charge >= 0.3 is 0 Å². The number of anilines is 1. The molecule has 1 aromatic carbocycles. The Labute approximate surface area is 103 Å². The maximum atomic E-state index is 6.02. The highest BCUT2D eigenvalue weighted by atomic mass is 79.9. The maximum Gasteiger partial charge on any atom is 0.0638 e. The summed E-state index contributed by atoms with van der Waals surface area (Å²) < 4.78 is 1.05. The average molecular weight is 295 g/mol. The monoisotopic (exact) mass is 293 g/mol. The third-order valence-electron chi connectivity index (χ3n) is 1.69. The van der Waals surface area contributed by atoms with Gasteiger partial charge in [-0.2, -0.15) is 11.8 Å². The molecule has 78 valence electrons. The van der Waals surface area contributed by atoms with Crippen LogP contribution in [0, 0.1) is 0 Å². The van der Waals surface area contributed by atoms with Gasteiger partial charge in [0.1, 0.15) is 0 Å². The van der Waals surface area contributed by atoms with Crippen LogP contribution in [0.4, 0.5) is 5.69 Å². The highest BCUT2D eigenvalue weighted by Crippen LogP contribution is 2.25. The van der Waals surface area contributed by atoms with E-state index < -0.39 is 0 Å². The fourth-order valence-corrected chi connectivity index (χ4v) is 2.12. The summed E-state index contributed by atoms with van der Waals surface area (Å²) >= 11 is 11.4. The zero-order chi connectivity index (χ0) is 10.4. The summed E-state index contributed by atoms with van der Waals surface area (Å²) in [6, 6.07) is 5.83. The number of benzene rings is 1. The second-order valence-corrected chi connectivity index (χ2v) is 5.46. The quantitative estimate of drug-likeness (QED) is 0.814. The molecule has 1 nitrogen and oxygen atoms in total. The summed E-state index contributed by atoms with van der Waals surface area (Å²) in [6.45, 7) is 3.12. The minimum atomic E-state index is 0.773. The van der Waals surface area contributed by atoms with Gasteiger partial charge in [-0.25, -0.2) is 0 Å². The van der Waals surface area contributed by atoms with E-state index in [4.69, 9.17) is 11.6 Å². The molecule has 0 spiro atoms. The van der Waals surface area contributed by atoms with Gasteiger partial charge in [0.15, 0.2) is 0 Å². The van der Waals surface area contributed by atoms with Crippen molar-refractivity contribution in [3.63, 3.8) is 0 Å². The number of rotatable bonds is 5. The maximum absolute atomic E-state index is 6.02. The number of halogens is 2. The fraction of sp³-hybridized carbons (Fsp3) is 0.400. The standard InChI is InChI=1S/C10H13BrClNS/c1-2-14-6-5-13-10-7-8(11)3-4-9(10)12/h3-4,7,13H,2,5-6H2,1H3. The van der Waals surface area contributed by atoms with Crippen LogP contribution in [0.15, 0.2) is 22.7 Å². The molecule has 0 fully saturated rings. The summed E-state index contributed by atoms with van der Waals surface area (Å²) in [5.41, 5.74) is 0.998. The molecule has 0 saturated carbocycles. The van der Waals surface area contributed by atoms with Crippen molar-refractivity contribution in [3.8, 4) is 0 Å². The number of hydrogen-bond acceptors (Lipinski definition) is 2. The first kappa shape index (κ1) is 12.2. The predicted molar refractivity (Wildman–Crippen MR) is 70.6 cm³/mol. The van der Waals surface area contributed by atoms with E-state index >= 15 is 0 Å². The Kier molecular flexibility index (Phi) is 5.75. The second kappa shape index (κ2) is 6.59. The molecule has 0 aromatic heterocycles.